The average Bonchev–Trinajstić information content (AvgIpc) is 2.42. The molecule has 110 valence electrons. The second kappa shape index (κ2) is 7.59. The van der Waals surface area contributed by atoms with Gasteiger partial charge >= 0.3 is 0 Å². The van der Waals surface area contributed by atoms with E-state index in [9.17, 15) is 14.9 Å². The van der Waals surface area contributed by atoms with Crippen molar-refractivity contribution in [1.82, 2.24) is 0 Å². The van der Waals surface area contributed by atoms with Gasteiger partial charge in [0.25, 0.3) is 5.69 Å². The first kappa shape index (κ1) is 16.1. The van der Waals surface area contributed by atoms with Gasteiger partial charge in [-0.2, -0.15) is 0 Å². The summed E-state index contributed by atoms with van der Waals surface area (Å²) in [6.45, 7) is 4.16. The van der Waals surface area contributed by atoms with Crippen molar-refractivity contribution in [3.05, 3.63) is 33.9 Å². The zero-order valence-corrected chi connectivity index (χ0v) is 11.8. The van der Waals surface area contributed by atoms with Crippen molar-refractivity contribution in [1.29, 1.82) is 0 Å². The van der Waals surface area contributed by atoms with Crippen LogP contribution in [-0.4, -0.2) is 29.0 Å². The van der Waals surface area contributed by atoms with Crippen molar-refractivity contribution in [2.24, 2.45) is 5.92 Å². The first-order valence-electron chi connectivity index (χ1n) is 6.63. The number of aliphatic hydroxyl groups is 1. The minimum atomic E-state index is -0.517. The van der Waals surface area contributed by atoms with Crippen molar-refractivity contribution >= 4 is 17.2 Å². The quantitative estimate of drug-likeness (QED) is 0.434. The Hall–Kier alpha value is -1.95. The Morgan fingerprint density at radius 3 is 2.70 bits per heavy atom. The lowest BCUT2D eigenvalue weighted by Gasteiger charge is -2.16. The van der Waals surface area contributed by atoms with E-state index >= 15 is 0 Å². The maximum atomic E-state index is 11.6. The van der Waals surface area contributed by atoms with Gasteiger partial charge in [-0.15, -0.1) is 0 Å². The van der Waals surface area contributed by atoms with Gasteiger partial charge in [-0.05, 0) is 25.3 Å². The van der Waals surface area contributed by atoms with Crippen molar-refractivity contribution in [2.75, 3.05) is 18.5 Å². The molecule has 0 aromatic heterocycles. The molecule has 0 bridgehead atoms. The Labute approximate surface area is 118 Å². The summed E-state index contributed by atoms with van der Waals surface area (Å²) in [5.74, 6) is 0.0846. The molecule has 0 heterocycles. The predicted octanol–water partition coefficient (Wildman–Crippen LogP) is 2.62. The second-order valence-electron chi connectivity index (χ2n) is 4.71. The SMILES string of the molecule is CC[C@H](CCO)CNc1ccc([N+](=O)[O-])cc1C(C)=O. The lowest BCUT2D eigenvalue weighted by Crippen LogP contribution is -2.16. The maximum absolute atomic E-state index is 11.6. The van der Waals surface area contributed by atoms with Crippen molar-refractivity contribution in [3.8, 4) is 0 Å². The van der Waals surface area contributed by atoms with Gasteiger partial charge in [-0.3, -0.25) is 14.9 Å². The minimum absolute atomic E-state index is 0.0943. The number of non-ortho nitro benzene ring substituents is 1. The predicted molar refractivity (Wildman–Crippen MR) is 77.1 cm³/mol. The van der Waals surface area contributed by atoms with Crippen LogP contribution >= 0.6 is 0 Å². The number of aliphatic hydroxyl groups excluding tert-OH is 1. The number of nitrogens with zero attached hydrogens (tertiary/aromatic N) is 1. The average molecular weight is 280 g/mol. The van der Waals surface area contributed by atoms with Crippen LogP contribution in [0.5, 0.6) is 0 Å². The van der Waals surface area contributed by atoms with Crippen LogP contribution in [0, 0.1) is 16.0 Å². The van der Waals surface area contributed by atoms with E-state index in [0.717, 1.165) is 6.42 Å². The molecule has 2 N–H and O–H groups in total. The van der Waals surface area contributed by atoms with E-state index in [2.05, 4.69) is 5.32 Å². The number of carbonyl (C=O) groups is 1. The molecule has 0 aliphatic heterocycles. The monoisotopic (exact) mass is 280 g/mol. The Kier molecular flexibility index (Phi) is 6.11. The highest BCUT2D eigenvalue weighted by Gasteiger charge is 2.14. The summed E-state index contributed by atoms with van der Waals surface area (Å²) in [6, 6.07) is 4.22. The van der Waals surface area contributed by atoms with Gasteiger partial charge in [0.05, 0.1) is 4.92 Å². The van der Waals surface area contributed by atoms with Crippen molar-refractivity contribution in [2.45, 2.75) is 26.7 Å². The molecule has 0 unspecified atom stereocenters. The number of nitro groups is 1. The number of carbonyl (C=O) groups excluding carboxylic acids is 1. The molecule has 1 aromatic carbocycles. The van der Waals surface area contributed by atoms with E-state index < -0.39 is 4.92 Å². The van der Waals surface area contributed by atoms with Crippen LogP contribution < -0.4 is 5.32 Å². The molecule has 0 aliphatic carbocycles. The highest BCUT2D eigenvalue weighted by atomic mass is 16.6. The van der Waals surface area contributed by atoms with Gasteiger partial charge in [0, 0.05) is 36.5 Å². The Morgan fingerprint density at radius 2 is 2.20 bits per heavy atom. The molecule has 1 rings (SSSR count). The first-order valence-corrected chi connectivity index (χ1v) is 6.63. The fourth-order valence-electron chi connectivity index (χ4n) is 1.98. The molecule has 0 fully saturated rings. The molecule has 0 aliphatic rings. The third-order valence-electron chi connectivity index (χ3n) is 3.29. The summed E-state index contributed by atoms with van der Waals surface area (Å²) in [5.41, 5.74) is 0.820. The fourth-order valence-corrected chi connectivity index (χ4v) is 1.98. The van der Waals surface area contributed by atoms with E-state index in [-0.39, 0.29) is 18.1 Å². The number of anilines is 1. The van der Waals surface area contributed by atoms with Gasteiger partial charge in [0.2, 0.25) is 0 Å². The van der Waals surface area contributed by atoms with Gasteiger partial charge in [0.15, 0.2) is 5.78 Å². The van der Waals surface area contributed by atoms with Crippen LogP contribution in [0.4, 0.5) is 11.4 Å². The molecular weight excluding hydrogens is 260 g/mol. The van der Waals surface area contributed by atoms with Crippen LogP contribution in [0.1, 0.15) is 37.0 Å². The zero-order chi connectivity index (χ0) is 15.1. The summed E-state index contributed by atoms with van der Waals surface area (Å²) in [7, 11) is 0. The number of rotatable bonds is 8. The molecule has 0 radical (unpaired) electrons. The van der Waals surface area contributed by atoms with Crippen LogP contribution in [0.25, 0.3) is 0 Å². The second-order valence-corrected chi connectivity index (χ2v) is 4.71. The van der Waals surface area contributed by atoms with Crippen molar-refractivity contribution < 1.29 is 14.8 Å². The molecule has 6 heteroatoms. The Morgan fingerprint density at radius 1 is 1.50 bits per heavy atom. The molecule has 0 spiro atoms. The van der Waals surface area contributed by atoms with Crippen LogP contribution in [0.2, 0.25) is 0 Å². The van der Waals surface area contributed by atoms with Gasteiger partial charge < -0.3 is 10.4 Å². The molecule has 6 nitrogen and oxygen atoms in total. The third-order valence-corrected chi connectivity index (χ3v) is 3.29. The fraction of sp³-hybridized carbons (Fsp3) is 0.500. The Bertz CT molecular complexity index is 488. The lowest BCUT2D eigenvalue weighted by atomic mass is 10.0. The number of ketones is 1. The number of nitro benzene ring substituents is 1. The summed E-state index contributed by atoms with van der Waals surface area (Å²) in [6.07, 6.45) is 1.60. The summed E-state index contributed by atoms with van der Waals surface area (Å²) < 4.78 is 0. The first-order chi connectivity index (χ1) is 9.49. The summed E-state index contributed by atoms with van der Waals surface area (Å²) >= 11 is 0. The number of nitrogens with one attached hydrogen (secondary N) is 1. The third kappa shape index (κ3) is 4.31. The molecule has 0 saturated heterocycles. The zero-order valence-electron chi connectivity index (χ0n) is 11.8. The molecule has 1 aromatic rings. The van der Waals surface area contributed by atoms with E-state index in [1.165, 1.54) is 19.1 Å². The normalized spacial score (nSPS) is 11.9. The number of hydrogen-bond acceptors (Lipinski definition) is 5. The molecule has 0 saturated carbocycles. The highest BCUT2D eigenvalue weighted by Crippen LogP contribution is 2.23. The summed E-state index contributed by atoms with van der Waals surface area (Å²) in [5, 5.41) is 22.8. The van der Waals surface area contributed by atoms with Crippen LogP contribution in [0.3, 0.4) is 0 Å². The molecular formula is C14H20N2O4. The molecule has 20 heavy (non-hydrogen) atoms. The number of hydrogen-bond donors (Lipinski definition) is 2. The standard InChI is InChI=1S/C14H20N2O4/c1-3-11(6-7-17)9-15-14-5-4-12(16(19)20)8-13(14)10(2)18/h4-5,8,11,15,17H,3,6-7,9H2,1-2H3/t11-/m1/s1. The van der Waals surface area contributed by atoms with E-state index in [1.807, 2.05) is 6.92 Å². The van der Waals surface area contributed by atoms with E-state index in [1.54, 1.807) is 6.07 Å². The highest BCUT2D eigenvalue weighted by molar-refractivity contribution is 6.00. The summed E-state index contributed by atoms with van der Waals surface area (Å²) in [4.78, 5) is 21.8. The minimum Gasteiger partial charge on any atom is -0.396 e. The topological polar surface area (TPSA) is 92.5 Å². The number of benzene rings is 1. The molecule has 1 atom stereocenters. The lowest BCUT2D eigenvalue weighted by molar-refractivity contribution is -0.384. The van der Waals surface area contributed by atoms with E-state index in [0.29, 0.717) is 30.1 Å². The smallest absolute Gasteiger partial charge is 0.270 e. The van der Waals surface area contributed by atoms with Crippen LogP contribution in [-0.2, 0) is 0 Å². The van der Waals surface area contributed by atoms with Gasteiger partial charge in [-0.1, -0.05) is 13.3 Å². The van der Waals surface area contributed by atoms with Gasteiger partial charge in [-0.25, -0.2) is 0 Å². The van der Waals surface area contributed by atoms with Crippen molar-refractivity contribution in [3.63, 3.8) is 0 Å². The largest absolute Gasteiger partial charge is 0.396 e. The van der Waals surface area contributed by atoms with Crippen LogP contribution in [0.15, 0.2) is 18.2 Å². The maximum Gasteiger partial charge on any atom is 0.270 e. The number of Topliss-reactive ketones (excluding diaryl/α,β-unsaturated/α-hetero) is 1. The van der Waals surface area contributed by atoms with Gasteiger partial charge in [0.1, 0.15) is 0 Å². The Balaban J connectivity index is 2.89. The molecule has 0 amide bonds. The van der Waals surface area contributed by atoms with E-state index in [4.69, 9.17) is 5.11 Å².